The zero-order valence-corrected chi connectivity index (χ0v) is 29.9. The third-order valence-corrected chi connectivity index (χ3v) is 10.3. The molecule has 0 atom stereocenters. The van der Waals surface area contributed by atoms with E-state index in [-0.39, 0.29) is 51.4 Å². The quantitative estimate of drug-likeness (QED) is 0.212. The van der Waals surface area contributed by atoms with Crippen LogP contribution in [0.1, 0.15) is 97.5 Å². The summed E-state index contributed by atoms with van der Waals surface area (Å²) in [6.45, 7) is 15.5. The van der Waals surface area contributed by atoms with E-state index in [9.17, 15) is 4.39 Å². The van der Waals surface area contributed by atoms with Crippen LogP contribution < -0.4 is 56.3 Å². The normalized spacial score (nSPS) is 28.4. The van der Waals surface area contributed by atoms with Crippen molar-refractivity contribution in [3.05, 3.63) is 30.1 Å². The molecule has 8 heteroatoms. The van der Waals surface area contributed by atoms with Gasteiger partial charge in [-0.15, -0.1) is 5.92 Å². The molecular weight excluding hydrogens is 551 g/mol. The van der Waals surface area contributed by atoms with E-state index in [1.807, 2.05) is 12.4 Å². The number of rotatable bonds is 11. The van der Waals surface area contributed by atoms with Crippen LogP contribution in [0.4, 0.5) is 10.1 Å². The van der Waals surface area contributed by atoms with Crippen LogP contribution >= 0.6 is 0 Å². The molecule has 1 aromatic heterocycles. The van der Waals surface area contributed by atoms with Crippen LogP contribution in [0.25, 0.3) is 0 Å². The fourth-order valence-corrected chi connectivity index (χ4v) is 7.22. The van der Waals surface area contributed by atoms with Crippen molar-refractivity contribution in [1.29, 1.82) is 0 Å². The number of hydrogen-bond acceptors (Lipinski definition) is 6. The molecule has 0 N–H and O–H groups in total. The fourth-order valence-electron chi connectivity index (χ4n) is 7.22. The third kappa shape index (κ3) is 8.07. The molecule has 4 saturated carbocycles. The van der Waals surface area contributed by atoms with Crippen LogP contribution in [-0.2, 0) is 0 Å². The Morgan fingerprint density at radius 2 is 1.93 bits per heavy atom. The maximum absolute atomic E-state index is 13.2. The standard InChI is InChI=1S/C20H26FN4.C14H24N2.K/c1-3-25(13(2)15-7-17(21)8-15)18-9-16(10-22-11-18)19-12-23-20(24-19)14-5-4-6-14;1-11(2)13(9-15-3)16-10-14-6-4-12(8-14)5-7-14;/h9-11,14-15,17H,3-8,12H2,1-2H3;11-12H,3-10H2,1-2H3;/q-1;;+1. The Morgan fingerprint density at radius 1 is 1.19 bits per heavy atom. The molecule has 1 aromatic rings. The van der Waals surface area contributed by atoms with E-state index in [2.05, 4.69) is 60.3 Å². The number of aromatic nitrogens is 1. The topological polar surface area (TPSA) is 65.6 Å². The Labute approximate surface area is 296 Å². The molecule has 4 aliphatic carbocycles. The number of pyridine rings is 1. The number of nitrogens with zero attached hydrogens (tertiary/aromatic N) is 6. The first-order valence-electron chi connectivity index (χ1n) is 16.1. The van der Waals surface area contributed by atoms with E-state index in [1.54, 1.807) is 0 Å². The van der Waals surface area contributed by atoms with Crippen molar-refractivity contribution in [2.24, 2.45) is 49.1 Å². The minimum atomic E-state index is -0.627. The molecule has 0 radical (unpaired) electrons. The Bertz CT molecular complexity index is 1140. The predicted octanol–water partition coefficient (Wildman–Crippen LogP) is 4.58. The molecule has 42 heavy (non-hydrogen) atoms. The van der Waals surface area contributed by atoms with E-state index in [0.717, 1.165) is 48.4 Å². The fraction of sp³-hybridized carbons (Fsp3) is 0.706. The Kier molecular flexibility index (Phi) is 12.5. The first-order valence-corrected chi connectivity index (χ1v) is 16.1. The molecule has 4 fully saturated rings. The summed E-state index contributed by atoms with van der Waals surface area (Å²) < 4.78 is 13.2. The van der Waals surface area contributed by atoms with Crippen molar-refractivity contribution in [2.75, 3.05) is 31.1 Å². The largest absolute Gasteiger partial charge is 1.00 e. The van der Waals surface area contributed by atoms with Crippen LogP contribution in [0.15, 0.2) is 38.4 Å². The summed E-state index contributed by atoms with van der Waals surface area (Å²) in [5.74, 6) is 3.50. The molecule has 1 aliphatic heterocycles. The van der Waals surface area contributed by atoms with Gasteiger partial charge in [0.25, 0.3) is 0 Å². The van der Waals surface area contributed by atoms with Crippen molar-refractivity contribution in [3.63, 3.8) is 0 Å². The number of amidine groups is 1. The second kappa shape index (κ2) is 15.5. The van der Waals surface area contributed by atoms with Crippen LogP contribution in [0, 0.1) is 35.1 Å². The van der Waals surface area contributed by atoms with E-state index >= 15 is 0 Å². The number of hydrogen-bond donors (Lipinski definition) is 0. The summed E-state index contributed by atoms with van der Waals surface area (Å²) in [6.07, 6.45) is 15.4. The van der Waals surface area contributed by atoms with Gasteiger partial charge in [0.15, 0.2) is 0 Å². The van der Waals surface area contributed by atoms with Crippen LogP contribution in [-0.4, -0.2) is 61.3 Å². The van der Waals surface area contributed by atoms with Crippen molar-refractivity contribution < 1.29 is 55.8 Å². The summed E-state index contributed by atoms with van der Waals surface area (Å²) in [5.41, 5.74) is 4.96. The molecule has 2 heterocycles. The Hall–Kier alpha value is -0.804. The zero-order valence-electron chi connectivity index (χ0n) is 26.8. The average molecular weight is 601 g/mol. The van der Waals surface area contributed by atoms with Crippen molar-refractivity contribution in [2.45, 2.75) is 98.1 Å². The number of halogens is 1. The number of alkyl halides is 1. The molecule has 0 aromatic carbocycles. The van der Waals surface area contributed by atoms with Crippen LogP contribution in [0.5, 0.6) is 0 Å². The summed E-state index contributed by atoms with van der Waals surface area (Å²) in [4.78, 5) is 24.9. The molecule has 0 amide bonds. The second-order valence-electron chi connectivity index (χ2n) is 13.4. The molecule has 6 rings (SSSR count). The molecule has 0 saturated heterocycles. The minimum absolute atomic E-state index is 0. The monoisotopic (exact) mass is 600 g/mol. The van der Waals surface area contributed by atoms with Crippen molar-refractivity contribution >= 4 is 29.7 Å². The van der Waals surface area contributed by atoms with Gasteiger partial charge in [-0.1, -0.05) is 27.2 Å². The van der Waals surface area contributed by atoms with Crippen molar-refractivity contribution in [1.82, 2.24) is 4.98 Å². The van der Waals surface area contributed by atoms with Gasteiger partial charge in [0.05, 0.1) is 25.0 Å². The van der Waals surface area contributed by atoms with Gasteiger partial charge in [-0.2, -0.15) is 6.92 Å². The molecule has 5 aliphatic rings. The van der Waals surface area contributed by atoms with E-state index < -0.39 is 6.17 Å². The number of anilines is 1. The first-order chi connectivity index (χ1) is 19.8. The third-order valence-electron chi connectivity index (χ3n) is 10.3. The summed E-state index contributed by atoms with van der Waals surface area (Å²) in [7, 11) is 0. The van der Waals surface area contributed by atoms with Gasteiger partial charge < -0.3 is 4.90 Å². The second-order valence-corrected chi connectivity index (χ2v) is 13.4. The molecule has 2 bridgehead atoms. The molecule has 224 valence electrons. The summed E-state index contributed by atoms with van der Waals surface area (Å²) >= 11 is 0. The number of fused-ring (bicyclic) bond motifs is 2. The van der Waals surface area contributed by atoms with Gasteiger partial charge >= 0.3 is 51.4 Å². The summed E-state index contributed by atoms with van der Waals surface area (Å²) in [5, 5.41) is 0. The molecule has 6 nitrogen and oxygen atoms in total. The molecule has 0 spiro atoms. The van der Waals surface area contributed by atoms with E-state index in [0.29, 0.717) is 42.6 Å². The van der Waals surface area contributed by atoms with Gasteiger partial charge in [-0.25, -0.2) is 15.4 Å². The smallest absolute Gasteiger partial charge is 0.518 e. The first kappa shape index (κ1) is 34.1. The maximum atomic E-state index is 13.2. The van der Waals surface area contributed by atoms with Crippen LogP contribution in [0.3, 0.4) is 0 Å². The zero-order chi connectivity index (χ0) is 29.0. The number of aliphatic imine (C=N–C) groups is 4. The van der Waals surface area contributed by atoms with Crippen molar-refractivity contribution in [3.8, 4) is 0 Å². The maximum Gasteiger partial charge on any atom is 1.00 e. The van der Waals surface area contributed by atoms with Gasteiger partial charge in [0, 0.05) is 41.8 Å². The van der Waals surface area contributed by atoms with E-state index in [1.165, 1.54) is 63.1 Å². The molecule has 0 unspecified atom stereocenters. The summed E-state index contributed by atoms with van der Waals surface area (Å²) in [6, 6.07) is 3.40. The minimum Gasteiger partial charge on any atom is -0.518 e. The predicted molar refractivity (Wildman–Crippen MR) is 171 cm³/mol. The molecular formula is C34H50FKN6. The van der Waals surface area contributed by atoms with Crippen LogP contribution in [0.2, 0.25) is 0 Å². The van der Waals surface area contributed by atoms with E-state index in [4.69, 9.17) is 9.98 Å². The average Bonchev–Trinajstić information content (AvgIpc) is 3.66. The SMILES string of the molecule is C=NCC(=NCC12CCC(CC1)C2)C(C)C.CCN(c1cncc(C2=NC(C3CCC3)=NC2)c1)[C-](C)C1CC(F)C1.[K+]. The Morgan fingerprint density at radius 3 is 2.48 bits per heavy atom. The Balaban J connectivity index is 0.000000207. The van der Waals surface area contributed by atoms with Gasteiger partial charge in [0.1, 0.15) is 5.84 Å². The van der Waals surface area contributed by atoms with Gasteiger partial charge in [0.2, 0.25) is 0 Å². The van der Waals surface area contributed by atoms with Gasteiger partial charge in [-0.3, -0.25) is 20.0 Å². The van der Waals surface area contributed by atoms with Gasteiger partial charge in [-0.05, 0) is 94.4 Å².